The number of nitrogens with zero attached hydrogens (tertiary/aromatic N) is 1. The number of phenols is 3. The Hall–Kier alpha value is -3.27. The van der Waals surface area contributed by atoms with Crippen molar-refractivity contribution in [2.45, 2.75) is 39.0 Å². The summed E-state index contributed by atoms with van der Waals surface area (Å²) in [6, 6.07) is 13.3. The molecule has 0 radical (unpaired) electrons. The van der Waals surface area contributed by atoms with E-state index in [2.05, 4.69) is 4.98 Å². The van der Waals surface area contributed by atoms with Gasteiger partial charge in [0.2, 0.25) is 0 Å². The third-order valence-electron chi connectivity index (χ3n) is 5.73. The van der Waals surface area contributed by atoms with Crippen molar-refractivity contribution in [1.82, 2.24) is 4.98 Å². The van der Waals surface area contributed by atoms with Gasteiger partial charge in [-0.25, -0.2) is 0 Å². The van der Waals surface area contributed by atoms with Crippen molar-refractivity contribution in [2.75, 3.05) is 0 Å². The largest absolute Gasteiger partial charge is 0.508 e. The molecule has 4 aromatic rings. The summed E-state index contributed by atoms with van der Waals surface area (Å²) in [5.74, 6) is 0.815. The topological polar surface area (TPSA) is 73.6 Å². The van der Waals surface area contributed by atoms with E-state index in [9.17, 15) is 15.3 Å². The van der Waals surface area contributed by atoms with Crippen LogP contribution in [-0.4, -0.2) is 20.3 Å². The molecule has 148 valence electrons. The van der Waals surface area contributed by atoms with E-state index in [4.69, 9.17) is 0 Å². The SMILES string of the molecule is CC(C)c1ccc2cc(CC(C)c3ccc4ccncc4c3O)c(O)cc2c1O. The van der Waals surface area contributed by atoms with Gasteiger partial charge in [0.25, 0.3) is 0 Å². The predicted octanol–water partition coefficient (Wildman–Crippen LogP) is 5.97. The van der Waals surface area contributed by atoms with Gasteiger partial charge in [0.1, 0.15) is 17.2 Å². The molecule has 1 heterocycles. The summed E-state index contributed by atoms with van der Waals surface area (Å²) < 4.78 is 0. The maximum absolute atomic E-state index is 10.7. The monoisotopic (exact) mass is 387 g/mol. The molecule has 0 saturated heterocycles. The highest BCUT2D eigenvalue weighted by Gasteiger charge is 2.17. The lowest BCUT2D eigenvalue weighted by atomic mass is 9.89. The van der Waals surface area contributed by atoms with Gasteiger partial charge in [0.05, 0.1) is 0 Å². The zero-order chi connectivity index (χ0) is 20.7. The van der Waals surface area contributed by atoms with Gasteiger partial charge in [-0.15, -0.1) is 0 Å². The highest BCUT2D eigenvalue weighted by atomic mass is 16.3. The molecule has 0 amide bonds. The first-order valence-corrected chi connectivity index (χ1v) is 9.90. The number of fused-ring (bicyclic) bond motifs is 2. The van der Waals surface area contributed by atoms with Crippen LogP contribution < -0.4 is 0 Å². The molecule has 1 unspecified atom stereocenters. The molecule has 3 aromatic carbocycles. The smallest absolute Gasteiger partial charge is 0.128 e. The molecule has 1 atom stereocenters. The van der Waals surface area contributed by atoms with E-state index < -0.39 is 0 Å². The third-order valence-corrected chi connectivity index (χ3v) is 5.73. The molecule has 0 saturated carbocycles. The Morgan fingerprint density at radius 2 is 1.48 bits per heavy atom. The molecule has 0 aliphatic rings. The molecule has 0 aliphatic carbocycles. The van der Waals surface area contributed by atoms with E-state index in [-0.39, 0.29) is 29.1 Å². The normalized spacial score (nSPS) is 12.7. The molecule has 4 rings (SSSR count). The zero-order valence-electron chi connectivity index (χ0n) is 16.8. The first-order valence-electron chi connectivity index (χ1n) is 9.90. The van der Waals surface area contributed by atoms with Crippen LogP contribution >= 0.6 is 0 Å². The van der Waals surface area contributed by atoms with Gasteiger partial charge in [0.15, 0.2) is 0 Å². The van der Waals surface area contributed by atoms with Crippen LogP contribution in [0, 0.1) is 0 Å². The van der Waals surface area contributed by atoms with Gasteiger partial charge in [-0.3, -0.25) is 4.98 Å². The minimum absolute atomic E-state index is 0.00788. The fraction of sp³-hybridized carbons (Fsp3) is 0.240. The van der Waals surface area contributed by atoms with Crippen molar-refractivity contribution in [1.29, 1.82) is 0 Å². The van der Waals surface area contributed by atoms with E-state index in [1.165, 1.54) is 0 Å². The first kappa shape index (κ1) is 19.1. The lowest BCUT2D eigenvalue weighted by molar-refractivity contribution is 0.457. The van der Waals surface area contributed by atoms with E-state index >= 15 is 0 Å². The Morgan fingerprint density at radius 1 is 0.793 bits per heavy atom. The van der Waals surface area contributed by atoms with E-state index in [1.807, 2.05) is 57.2 Å². The van der Waals surface area contributed by atoms with Crippen LogP contribution in [0.1, 0.15) is 49.3 Å². The van der Waals surface area contributed by atoms with Crippen LogP contribution in [0.3, 0.4) is 0 Å². The number of pyridine rings is 1. The fourth-order valence-corrected chi connectivity index (χ4v) is 4.04. The number of hydrogen-bond acceptors (Lipinski definition) is 4. The maximum Gasteiger partial charge on any atom is 0.128 e. The lowest BCUT2D eigenvalue weighted by Crippen LogP contribution is -2.00. The number of phenolic OH excluding ortho intramolecular Hbond substituents is 3. The Bertz CT molecular complexity index is 1210. The fourth-order valence-electron chi connectivity index (χ4n) is 4.04. The number of aromatic hydroxyl groups is 3. The Labute approximate surface area is 170 Å². The number of benzene rings is 3. The van der Waals surface area contributed by atoms with Crippen molar-refractivity contribution >= 4 is 21.5 Å². The minimum Gasteiger partial charge on any atom is -0.508 e. The van der Waals surface area contributed by atoms with Crippen molar-refractivity contribution in [3.05, 3.63) is 71.5 Å². The summed E-state index contributed by atoms with van der Waals surface area (Å²) >= 11 is 0. The molecule has 0 aliphatic heterocycles. The van der Waals surface area contributed by atoms with E-state index in [0.29, 0.717) is 11.8 Å². The van der Waals surface area contributed by atoms with Crippen molar-refractivity contribution < 1.29 is 15.3 Å². The van der Waals surface area contributed by atoms with Gasteiger partial charge in [-0.1, -0.05) is 45.0 Å². The first-order chi connectivity index (χ1) is 13.9. The van der Waals surface area contributed by atoms with Crippen molar-refractivity contribution in [3.63, 3.8) is 0 Å². The Kier molecular flexibility index (Phi) is 4.79. The Balaban J connectivity index is 1.71. The molecule has 4 heteroatoms. The predicted molar refractivity (Wildman–Crippen MR) is 117 cm³/mol. The summed E-state index contributed by atoms with van der Waals surface area (Å²) in [5, 5.41) is 35.1. The molecule has 3 N–H and O–H groups in total. The van der Waals surface area contributed by atoms with Gasteiger partial charge in [-0.05, 0) is 63.9 Å². The number of aromatic nitrogens is 1. The highest BCUT2D eigenvalue weighted by Crippen LogP contribution is 2.39. The van der Waals surface area contributed by atoms with Crippen LogP contribution in [0.25, 0.3) is 21.5 Å². The quantitative estimate of drug-likeness (QED) is 0.403. The van der Waals surface area contributed by atoms with Crippen LogP contribution in [-0.2, 0) is 6.42 Å². The molecule has 0 bridgehead atoms. The van der Waals surface area contributed by atoms with Crippen LogP contribution in [0.2, 0.25) is 0 Å². The van der Waals surface area contributed by atoms with E-state index in [1.54, 1.807) is 18.5 Å². The number of rotatable bonds is 4. The average molecular weight is 387 g/mol. The summed E-state index contributed by atoms with van der Waals surface area (Å²) in [5.41, 5.74) is 2.48. The van der Waals surface area contributed by atoms with Gasteiger partial charge < -0.3 is 15.3 Å². The summed E-state index contributed by atoms with van der Waals surface area (Å²) in [7, 11) is 0. The standard InChI is InChI=1S/C25H25NO3/c1-14(2)19-6-5-17-11-18(23(27)12-21(17)24(19)28)10-15(3)20-7-4-16-8-9-26-13-22(16)25(20)29/h4-9,11-15,27-29H,10H2,1-3H3. The molecule has 4 nitrogen and oxygen atoms in total. The average Bonchev–Trinajstić information content (AvgIpc) is 2.69. The van der Waals surface area contributed by atoms with Crippen molar-refractivity contribution in [3.8, 4) is 17.2 Å². The Morgan fingerprint density at radius 3 is 2.24 bits per heavy atom. The van der Waals surface area contributed by atoms with Crippen LogP contribution in [0.4, 0.5) is 0 Å². The van der Waals surface area contributed by atoms with Crippen LogP contribution in [0.15, 0.2) is 54.9 Å². The highest BCUT2D eigenvalue weighted by molar-refractivity contribution is 5.91. The lowest BCUT2D eigenvalue weighted by Gasteiger charge is -2.17. The van der Waals surface area contributed by atoms with E-state index in [0.717, 1.165) is 32.8 Å². The molecule has 0 spiro atoms. The summed E-state index contributed by atoms with van der Waals surface area (Å²) in [4.78, 5) is 4.11. The van der Waals surface area contributed by atoms with Gasteiger partial charge in [-0.2, -0.15) is 0 Å². The van der Waals surface area contributed by atoms with Gasteiger partial charge >= 0.3 is 0 Å². The number of hydrogen-bond donors (Lipinski definition) is 3. The second kappa shape index (κ2) is 7.28. The molecule has 1 aromatic heterocycles. The molecular formula is C25H25NO3. The second-order valence-corrected chi connectivity index (χ2v) is 8.07. The minimum atomic E-state index is -0.00788. The maximum atomic E-state index is 10.7. The second-order valence-electron chi connectivity index (χ2n) is 8.07. The molecule has 0 fully saturated rings. The molecule has 29 heavy (non-hydrogen) atoms. The molecular weight excluding hydrogens is 362 g/mol. The zero-order valence-corrected chi connectivity index (χ0v) is 16.8. The summed E-state index contributed by atoms with van der Waals surface area (Å²) in [6.07, 6.45) is 3.94. The van der Waals surface area contributed by atoms with Gasteiger partial charge in [0, 0.05) is 23.2 Å². The van der Waals surface area contributed by atoms with Crippen molar-refractivity contribution in [2.24, 2.45) is 0 Å². The summed E-state index contributed by atoms with van der Waals surface area (Å²) in [6.45, 7) is 6.09. The van der Waals surface area contributed by atoms with Crippen LogP contribution in [0.5, 0.6) is 17.2 Å². The third kappa shape index (κ3) is 3.35.